The van der Waals surface area contributed by atoms with Gasteiger partial charge >= 0.3 is 0 Å². The van der Waals surface area contributed by atoms with E-state index in [9.17, 15) is 15.3 Å². The van der Waals surface area contributed by atoms with E-state index in [1.54, 1.807) is 12.1 Å². The third kappa shape index (κ3) is 6.92. The van der Waals surface area contributed by atoms with Crippen LogP contribution in [0.15, 0.2) is 24.3 Å². The fourth-order valence-electron chi connectivity index (χ4n) is 2.48. The van der Waals surface area contributed by atoms with E-state index in [1.165, 1.54) is 5.56 Å². The van der Waals surface area contributed by atoms with Crippen molar-refractivity contribution in [3.63, 3.8) is 0 Å². The summed E-state index contributed by atoms with van der Waals surface area (Å²) < 4.78 is 0. The van der Waals surface area contributed by atoms with Crippen molar-refractivity contribution in [3.05, 3.63) is 29.8 Å². The van der Waals surface area contributed by atoms with Gasteiger partial charge in [-0.15, -0.1) is 0 Å². The van der Waals surface area contributed by atoms with Crippen molar-refractivity contribution >= 4 is 0 Å². The first-order valence-electron chi connectivity index (χ1n) is 7.77. The van der Waals surface area contributed by atoms with Crippen molar-refractivity contribution in [1.82, 2.24) is 0 Å². The van der Waals surface area contributed by atoms with Crippen LogP contribution in [0.1, 0.15) is 57.4 Å². The summed E-state index contributed by atoms with van der Waals surface area (Å²) in [6.07, 6.45) is 7.08. The largest absolute Gasteiger partial charge is 0.508 e. The Kier molecular flexibility index (Phi) is 8.31. The molecular weight excluding hydrogens is 252 g/mol. The second-order valence-corrected chi connectivity index (χ2v) is 5.58. The molecule has 3 N–H and O–H groups in total. The molecule has 0 heterocycles. The lowest BCUT2D eigenvalue weighted by atomic mass is 9.94. The zero-order valence-corrected chi connectivity index (χ0v) is 12.5. The fraction of sp³-hybridized carbons (Fsp3) is 0.647. The first kappa shape index (κ1) is 17.0. The van der Waals surface area contributed by atoms with Gasteiger partial charge in [-0.1, -0.05) is 44.7 Å². The smallest absolute Gasteiger partial charge is 0.154 e. The van der Waals surface area contributed by atoms with E-state index in [1.807, 2.05) is 12.1 Å². The molecule has 0 saturated heterocycles. The topological polar surface area (TPSA) is 60.7 Å². The predicted octanol–water partition coefficient (Wildman–Crippen LogP) is 3.61. The fourth-order valence-corrected chi connectivity index (χ4v) is 2.48. The lowest BCUT2D eigenvalue weighted by Gasteiger charge is -2.18. The SMILES string of the molecule is CCCCC(CCCCCc1ccc(O)cc1)C(O)O. The van der Waals surface area contributed by atoms with Crippen LogP contribution in [0.5, 0.6) is 5.75 Å². The lowest BCUT2D eigenvalue weighted by molar-refractivity contribution is -0.0889. The summed E-state index contributed by atoms with van der Waals surface area (Å²) in [5, 5.41) is 27.9. The molecule has 0 saturated carbocycles. The third-order valence-corrected chi connectivity index (χ3v) is 3.83. The monoisotopic (exact) mass is 280 g/mol. The predicted molar refractivity (Wildman–Crippen MR) is 81.5 cm³/mol. The van der Waals surface area contributed by atoms with E-state index in [0.29, 0.717) is 5.75 Å². The Morgan fingerprint density at radius 2 is 1.55 bits per heavy atom. The average Bonchev–Trinajstić information content (AvgIpc) is 2.43. The zero-order valence-electron chi connectivity index (χ0n) is 12.5. The number of benzene rings is 1. The second kappa shape index (κ2) is 9.78. The van der Waals surface area contributed by atoms with E-state index in [4.69, 9.17) is 0 Å². The van der Waals surface area contributed by atoms with Gasteiger partial charge in [-0.25, -0.2) is 0 Å². The van der Waals surface area contributed by atoms with Crippen molar-refractivity contribution in [1.29, 1.82) is 0 Å². The highest BCUT2D eigenvalue weighted by molar-refractivity contribution is 5.25. The van der Waals surface area contributed by atoms with Gasteiger partial charge in [0.2, 0.25) is 0 Å². The molecule has 114 valence electrons. The molecule has 0 aliphatic rings. The minimum atomic E-state index is -1.17. The van der Waals surface area contributed by atoms with Crippen molar-refractivity contribution in [2.24, 2.45) is 5.92 Å². The molecule has 1 atom stereocenters. The van der Waals surface area contributed by atoms with Crippen LogP contribution in [0.25, 0.3) is 0 Å². The molecular formula is C17H28O3. The number of rotatable bonds is 10. The van der Waals surface area contributed by atoms with Gasteiger partial charge in [-0.3, -0.25) is 0 Å². The Bertz CT molecular complexity index is 346. The Morgan fingerprint density at radius 3 is 2.15 bits per heavy atom. The zero-order chi connectivity index (χ0) is 14.8. The van der Waals surface area contributed by atoms with Crippen LogP contribution in [-0.2, 0) is 6.42 Å². The number of aryl methyl sites for hydroxylation is 1. The average molecular weight is 280 g/mol. The van der Waals surface area contributed by atoms with Crippen molar-refractivity contribution < 1.29 is 15.3 Å². The highest BCUT2D eigenvalue weighted by Crippen LogP contribution is 2.20. The summed E-state index contributed by atoms with van der Waals surface area (Å²) in [7, 11) is 0. The third-order valence-electron chi connectivity index (χ3n) is 3.83. The number of phenolic OH excluding ortho intramolecular Hbond substituents is 1. The maximum Gasteiger partial charge on any atom is 0.154 e. The van der Waals surface area contributed by atoms with Crippen LogP contribution in [0.4, 0.5) is 0 Å². The van der Waals surface area contributed by atoms with E-state index >= 15 is 0 Å². The second-order valence-electron chi connectivity index (χ2n) is 5.58. The molecule has 3 heteroatoms. The van der Waals surface area contributed by atoms with Gasteiger partial charge in [-0.05, 0) is 43.4 Å². The Balaban J connectivity index is 2.15. The van der Waals surface area contributed by atoms with Gasteiger partial charge in [-0.2, -0.15) is 0 Å². The highest BCUT2D eigenvalue weighted by atomic mass is 16.5. The molecule has 0 aliphatic carbocycles. The number of unbranched alkanes of at least 4 members (excludes halogenated alkanes) is 3. The van der Waals surface area contributed by atoms with Crippen molar-refractivity contribution in [2.75, 3.05) is 0 Å². The number of aliphatic hydroxyl groups excluding tert-OH is 1. The standard InChI is InChI=1S/C17H28O3/c1-2-3-8-15(17(19)20)9-6-4-5-7-14-10-12-16(18)13-11-14/h10-13,15,17-20H,2-9H2,1H3. The van der Waals surface area contributed by atoms with Crippen LogP contribution >= 0.6 is 0 Å². The summed E-state index contributed by atoms with van der Waals surface area (Å²) in [5.41, 5.74) is 1.24. The van der Waals surface area contributed by atoms with Crippen molar-refractivity contribution in [2.45, 2.75) is 64.6 Å². The molecule has 1 unspecified atom stereocenters. The molecule has 0 aromatic heterocycles. The highest BCUT2D eigenvalue weighted by Gasteiger charge is 2.15. The molecule has 1 aromatic rings. The van der Waals surface area contributed by atoms with E-state index in [0.717, 1.165) is 51.4 Å². The molecule has 0 bridgehead atoms. The van der Waals surface area contributed by atoms with Crippen LogP contribution < -0.4 is 0 Å². The molecule has 20 heavy (non-hydrogen) atoms. The summed E-state index contributed by atoms with van der Waals surface area (Å²) in [6, 6.07) is 7.35. The number of hydrogen-bond donors (Lipinski definition) is 3. The Labute approximate surface area is 122 Å². The molecule has 0 aliphatic heterocycles. The summed E-state index contributed by atoms with van der Waals surface area (Å²) >= 11 is 0. The van der Waals surface area contributed by atoms with Gasteiger partial charge in [0, 0.05) is 5.92 Å². The van der Waals surface area contributed by atoms with Crippen LogP contribution in [0.3, 0.4) is 0 Å². The van der Waals surface area contributed by atoms with Crippen LogP contribution in [-0.4, -0.2) is 21.6 Å². The van der Waals surface area contributed by atoms with Crippen LogP contribution in [0, 0.1) is 5.92 Å². The molecule has 0 amide bonds. The molecule has 1 rings (SSSR count). The maximum absolute atomic E-state index is 9.33. The number of phenols is 1. The summed E-state index contributed by atoms with van der Waals surface area (Å²) in [4.78, 5) is 0. The number of aliphatic hydroxyl groups is 2. The first-order valence-corrected chi connectivity index (χ1v) is 7.77. The Morgan fingerprint density at radius 1 is 0.900 bits per heavy atom. The normalized spacial score (nSPS) is 12.8. The molecule has 0 radical (unpaired) electrons. The molecule has 0 spiro atoms. The van der Waals surface area contributed by atoms with Crippen molar-refractivity contribution in [3.8, 4) is 5.75 Å². The first-order chi connectivity index (χ1) is 9.63. The van der Waals surface area contributed by atoms with Gasteiger partial charge < -0.3 is 15.3 Å². The van der Waals surface area contributed by atoms with E-state index < -0.39 is 6.29 Å². The van der Waals surface area contributed by atoms with Gasteiger partial charge in [0.15, 0.2) is 6.29 Å². The number of hydrogen-bond acceptors (Lipinski definition) is 3. The Hall–Kier alpha value is -1.06. The quantitative estimate of drug-likeness (QED) is 0.453. The lowest BCUT2D eigenvalue weighted by Crippen LogP contribution is -2.19. The molecule has 0 fully saturated rings. The van der Waals surface area contributed by atoms with Gasteiger partial charge in [0.05, 0.1) is 0 Å². The minimum Gasteiger partial charge on any atom is -0.508 e. The molecule has 3 nitrogen and oxygen atoms in total. The summed E-state index contributed by atoms with van der Waals surface area (Å²) in [5.74, 6) is 0.341. The maximum atomic E-state index is 9.33. The van der Waals surface area contributed by atoms with E-state index in [2.05, 4.69) is 6.92 Å². The van der Waals surface area contributed by atoms with Gasteiger partial charge in [0.25, 0.3) is 0 Å². The number of aromatic hydroxyl groups is 1. The minimum absolute atomic E-state index is 0.0311. The van der Waals surface area contributed by atoms with Crippen LogP contribution in [0.2, 0.25) is 0 Å². The van der Waals surface area contributed by atoms with E-state index in [-0.39, 0.29) is 5.92 Å². The molecule has 1 aromatic carbocycles. The summed E-state index contributed by atoms with van der Waals surface area (Å²) in [6.45, 7) is 2.12. The van der Waals surface area contributed by atoms with Gasteiger partial charge in [0.1, 0.15) is 5.75 Å².